The number of fused-ring (bicyclic) bond motifs is 1. The van der Waals surface area contributed by atoms with Gasteiger partial charge in [0, 0.05) is 30.4 Å². The van der Waals surface area contributed by atoms with E-state index in [1.54, 1.807) is 36.5 Å². The molecule has 0 aliphatic carbocycles. The first kappa shape index (κ1) is 27.0. The van der Waals surface area contributed by atoms with Crippen LogP contribution in [0, 0.1) is 0 Å². The van der Waals surface area contributed by atoms with E-state index in [2.05, 4.69) is 19.7 Å². The lowest BCUT2D eigenvalue weighted by molar-refractivity contribution is 0.0656. The normalized spacial score (nSPS) is 15.4. The summed E-state index contributed by atoms with van der Waals surface area (Å²) in [5.41, 5.74) is 3.01. The average Bonchev–Trinajstić information content (AvgIpc) is 2.97. The molecule has 0 radical (unpaired) electrons. The molecular formula is C28H27N5O6S. The van der Waals surface area contributed by atoms with E-state index in [-0.39, 0.29) is 30.0 Å². The van der Waals surface area contributed by atoms with Crippen molar-refractivity contribution in [2.45, 2.75) is 29.9 Å². The third-order valence-corrected chi connectivity index (χ3v) is 7.84. The first-order valence-electron chi connectivity index (χ1n) is 12.5. The van der Waals surface area contributed by atoms with E-state index < -0.39 is 22.2 Å². The van der Waals surface area contributed by atoms with Crippen molar-refractivity contribution in [2.75, 3.05) is 17.8 Å². The lowest BCUT2D eigenvalue weighted by Crippen LogP contribution is -2.42. The molecule has 0 bridgehead atoms. The molecule has 2 aromatic heterocycles. The largest absolute Gasteiger partial charge is 0.488 e. The molecule has 3 N–H and O–H groups in total. The van der Waals surface area contributed by atoms with Gasteiger partial charge >= 0.3 is 6.09 Å². The SMILES string of the molecule is O=C(O)N(C[C@H]1CCc2cc(-c3cccc(S(=O)(=O)Nc4ncccn4)c3)ccc2O1)C[C@H](O)c1cccnc1. The molecule has 1 aliphatic rings. The highest BCUT2D eigenvalue weighted by Gasteiger charge is 2.27. The minimum absolute atomic E-state index is 0.0126. The zero-order valence-electron chi connectivity index (χ0n) is 21.3. The van der Waals surface area contributed by atoms with Crippen LogP contribution in [0.2, 0.25) is 0 Å². The topological polar surface area (TPSA) is 155 Å². The van der Waals surface area contributed by atoms with Crippen LogP contribution in [0.3, 0.4) is 0 Å². The number of aliphatic hydroxyl groups is 1. The van der Waals surface area contributed by atoms with Crippen LogP contribution < -0.4 is 9.46 Å². The second-order valence-corrected chi connectivity index (χ2v) is 11.0. The van der Waals surface area contributed by atoms with Gasteiger partial charge in [0.25, 0.3) is 10.0 Å². The number of benzene rings is 2. The van der Waals surface area contributed by atoms with Crippen LogP contribution >= 0.6 is 0 Å². The maximum Gasteiger partial charge on any atom is 0.407 e. The Balaban J connectivity index is 1.27. The first-order chi connectivity index (χ1) is 19.3. The number of ether oxygens (including phenoxy) is 1. The van der Waals surface area contributed by atoms with E-state index in [1.165, 1.54) is 24.7 Å². The van der Waals surface area contributed by atoms with Gasteiger partial charge in [0.15, 0.2) is 0 Å². The number of aliphatic hydroxyl groups excluding tert-OH is 1. The second kappa shape index (κ2) is 11.7. The van der Waals surface area contributed by atoms with Crippen molar-refractivity contribution < 1.29 is 28.2 Å². The Hall–Kier alpha value is -4.55. The molecule has 0 spiro atoms. The minimum atomic E-state index is -3.89. The van der Waals surface area contributed by atoms with Crippen LogP contribution in [0.25, 0.3) is 11.1 Å². The number of carbonyl (C=O) groups is 1. The number of amides is 1. The number of sulfonamides is 1. The van der Waals surface area contributed by atoms with Crippen LogP contribution in [-0.4, -0.2) is 63.8 Å². The number of nitrogens with one attached hydrogen (secondary N) is 1. The van der Waals surface area contributed by atoms with E-state index in [0.717, 1.165) is 16.0 Å². The highest BCUT2D eigenvalue weighted by atomic mass is 32.2. The molecule has 1 amide bonds. The number of anilines is 1. The van der Waals surface area contributed by atoms with E-state index in [9.17, 15) is 23.4 Å². The number of hydrogen-bond donors (Lipinski definition) is 3. The summed E-state index contributed by atoms with van der Waals surface area (Å²) in [6.45, 7) is 0.00304. The van der Waals surface area contributed by atoms with Gasteiger partial charge in [0.2, 0.25) is 5.95 Å². The molecule has 2 atom stereocenters. The molecule has 40 heavy (non-hydrogen) atoms. The fourth-order valence-corrected chi connectivity index (χ4v) is 5.49. The average molecular weight is 562 g/mol. The Morgan fingerprint density at radius 1 is 1.05 bits per heavy atom. The van der Waals surface area contributed by atoms with Crippen LogP contribution in [0.5, 0.6) is 5.75 Å². The quantitative estimate of drug-likeness (QED) is 0.277. The van der Waals surface area contributed by atoms with Crippen LogP contribution in [0.4, 0.5) is 10.7 Å². The number of pyridine rings is 1. The third-order valence-electron chi connectivity index (χ3n) is 6.52. The Kier molecular flexibility index (Phi) is 7.89. The molecule has 0 saturated heterocycles. The summed E-state index contributed by atoms with van der Waals surface area (Å²) in [5, 5.41) is 20.2. The predicted molar refractivity (Wildman–Crippen MR) is 146 cm³/mol. The molecule has 5 rings (SSSR count). The van der Waals surface area contributed by atoms with E-state index in [1.807, 2.05) is 24.3 Å². The van der Waals surface area contributed by atoms with Gasteiger partial charge in [-0.2, -0.15) is 0 Å². The van der Waals surface area contributed by atoms with Gasteiger partial charge in [-0.25, -0.2) is 27.9 Å². The van der Waals surface area contributed by atoms with Crippen LogP contribution in [0.1, 0.15) is 23.7 Å². The predicted octanol–water partition coefficient (Wildman–Crippen LogP) is 3.75. The molecule has 206 valence electrons. The van der Waals surface area contributed by atoms with E-state index in [0.29, 0.717) is 29.7 Å². The summed E-state index contributed by atoms with van der Waals surface area (Å²) >= 11 is 0. The molecular weight excluding hydrogens is 534 g/mol. The van der Waals surface area contributed by atoms with Gasteiger partial charge in [-0.05, 0) is 65.9 Å². The molecule has 11 nitrogen and oxygen atoms in total. The van der Waals surface area contributed by atoms with Crippen molar-refractivity contribution in [3.05, 3.63) is 96.6 Å². The van der Waals surface area contributed by atoms with Crippen molar-refractivity contribution in [1.29, 1.82) is 0 Å². The fraction of sp³-hybridized carbons (Fsp3) is 0.214. The summed E-state index contributed by atoms with van der Waals surface area (Å²) in [5.74, 6) is 0.631. The molecule has 0 saturated carbocycles. The highest BCUT2D eigenvalue weighted by Crippen LogP contribution is 2.33. The number of hydrogen-bond acceptors (Lipinski definition) is 8. The Bertz CT molecular complexity index is 1590. The van der Waals surface area contributed by atoms with Crippen molar-refractivity contribution >= 4 is 22.1 Å². The molecule has 4 aromatic rings. The first-order valence-corrected chi connectivity index (χ1v) is 14.0. The van der Waals surface area contributed by atoms with Crippen molar-refractivity contribution in [3.8, 4) is 16.9 Å². The summed E-state index contributed by atoms with van der Waals surface area (Å²) < 4.78 is 34.2. The maximum atomic E-state index is 12.9. The van der Waals surface area contributed by atoms with Gasteiger partial charge in [-0.15, -0.1) is 0 Å². The van der Waals surface area contributed by atoms with Gasteiger partial charge in [-0.3, -0.25) is 4.98 Å². The Morgan fingerprint density at radius 3 is 2.60 bits per heavy atom. The number of aryl methyl sites for hydroxylation is 1. The van der Waals surface area contributed by atoms with E-state index in [4.69, 9.17) is 4.74 Å². The van der Waals surface area contributed by atoms with Crippen molar-refractivity contribution in [3.63, 3.8) is 0 Å². The number of nitrogens with zero attached hydrogens (tertiary/aromatic N) is 4. The van der Waals surface area contributed by atoms with E-state index >= 15 is 0 Å². The smallest absolute Gasteiger partial charge is 0.407 e. The molecule has 3 heterocycles. The van der Waals surface area contributed by atoms with Gasteiger partial charge < -0.3 is 19.8 Å². The standard InChI is InChI=1S/C28H27N5O6S/c34-25(22-5-2-11-29-16-22)18-33(28(35)36)17-23-9-7-21-14-20(8-10-26(21)39-23)19-4-1-6-24(15-19)40(37,38)32-27-30-12-3-13-31-27/h1-6,8,10-16,23,25,34H,7,9,17-18H2,(H,35,36)(H,30,31,32)/t23-,25+/m1/s1. The summed E-state index contributed by atoms with van der Waals surface area (Å²) in [6.07, 6.45) is 4.70. The summed E-state index contributed by atoms with van der Waals surface area (Å²) in [4.78, 5) is 24.9. The minimum Gasteiger partial charge on any atom is -0.488 e. The van der Waals surface area contributed by atoms with Crippen LogP contribution in [0.15, 0.2) is 90.3 Å². The zero-order chi connectivity index (χ0) is 28.1. The summed E-state index contributed by atoms with van der Waals surface area (Å²) in [7, 11) is -3.89. The highest BCUT2D eigenvalue weighted by molar-refractivity contribution is 7.92. The lowest BCUT2D eigenvalue weighted by atomic mass is 9.97. The van der Waals surface area contributed by atoms with Crippen LogP contribution in [-0.2, 0) is 16.4 Å². The monoisotopic (exact) mass is 561 g/mol. The molecule has 1 aliphatic heterocycles. The van der Waals surface area contributed by atoms with Gasteiger partial charge in [0.05, 0.1) is 24.1 Å². The number of carboxylic acid groups (broad SMARTS) is 1. The van der Waals surface area contributed by atoms with Gasteiger partial charge in [0.1, 0.15) is 11.9 Å². The maximum absolute atomic E-state index is 12.9. The summed E-state index contributed by atoms with van der Waals surface area (Å²) in [6, 6.07) is 17.1. The zero-order valence-corrected chi connectivity index (χ0v) is 22.1. The third kappa shape index (κ3) is 6.35. The molecule has 0 unspecified atom stereocenters. The fourth-order valence-electron chi connectivity index (χ4n) is 4.49. The lowest BCUT2D eigenvalue weighted by Gasteiger charge is -2.31. The molecule has 12 heteroatoms. The number of aromatic nitrogens is 3. The molecule has 0 fully saturated rings. The van der Waals surface area contributed by atoms with Gasteiger partial charge in [-0.1, -0.05) is 24.3 Å². The molecule has 2 aromatic carbocycles. The Morgan fingerprint density at radius 2 is 1.85 bits per heavy atom. The van der Waals surface area contributed by atoms with Crippen molar-refractivity contribution in [1.82, 2.24) is 19.9 Å². The Labute approximate surface area is 231 Å². The van der Waals surface area contributed by atoms with Crippen molar-refractivity contribution in [2.24, 2.45) is 0 Å². The number of rotatable bonds is 9. The second-order valence-electron chi connectivity index (χ2n) is 9.30.